The molecular formula is C18H17F3N4. The van der Waals surface area contributed by atoms with E-state index in [1.165, 1.54) is 6.07 Å². The minimum Gasteiger partial charge on any atom is -0.369 e. The van der Waals surface area contributed by atoms with Gasteiger partial charge in [-0.3, -0.25) is 9.67 Å². The second kappa shape index (κ2) is 6.06. The van der Waals surface area contributed by atoms with Gasteiger partial charge in [0.25, 0.3) is 0 Å². The molecule has 0 bridgehead atoms. The second-order valence-corrected chi connectivity index (χ2v) is 6.29. The van der Waals surface area contributed by atoms with E-state index in [9.17, 15) is 13.2 Å². The molecule has 3 heterocycles. The molecule has 0 aliphatic carbocycles. The number of benzene rings is 1. The second-order valence-electron chi connectivity index (χ2n) is 6.29. The molecule has 130 valence electrons. The van der Waals surface area contributed by atoms with E-state index in [0.717, 1.165) is 49.1 Å². The predicted octanol–water partition coefficient (Wildman–Crippen LogP) is 4.29. The van der Waals surface area contributed by atoms with Gasteiger partial charge in [0.1, 0.15) is 0 Å². The number of fused-ring (bicyclic) bond motifs is 1. The van der Waals surface area contributed by atoms with Crippen LogP contribution >= 0.6 is 0 Å². The van der Waals surface area contributed by atoms with Crippen LogP contribution < -0.4 is 4.90 Å². The van der Waals surface area contributed by atoms with E-state index < -0.39 is 11.7 Å². The van der Waals surface area contributed by atoms with Gasteiger partial charge in [0, 0.05) is 42.8 Å². The van der Waals surface area contributed by atoms with E-state index in [-0.39, 0.29) is 6.04 Å². The van der Waals surface area contributed by atoms with E-state index in [1.807, 2.05) is 23.0 Å². The fourth-order valence-electron chi connectivity index (χ4n) is 3.47. The molecule has 2 aromatic heterocycles. The van der Waals surface area contributed by atoms with Crippen molar-refractivity contribution in [1.82, 2.24) is 14.8 Å². The van der Waals surface area contributed by atoms with Crippen LogP contribution in [-0.2, 0) is 6.18 Å². The number of aromatic nitrogens is 3. The zero-order valence-corrected chi connectivity index (χ0v) is 13.4. The van der Waals surface area contributed by atoms with E-state index in [2.05, 4.69) is 15.0 Å². The summed E-state index contributed by atoms with van der Waals surface area (Å²) < 4.78 is 40.7. The molecule has 3 aromatic rings. The number of pyridine rings is 1. The molecule has 1 aliphatic rings. The highest BCUT2D eigenvalue weighted by Gasteiger charge is 2.31. The lowest BCUT2D eigenvalue weighted by molar-refractivity contribution is -0.137. The van der Waals surface area contributed by atoms with Crippen LogP contribution in [0.4, 0.5) is 18.9 Å². The molecule has 1 fully saturated rings. The van der Waals surface area contributed by atoms with Gasteiger partial charge >= 0.3 is 6.18 Å². The zero-order chi connectivity index (χ0) is 17.4. The molecule has 4 rings (SSSR count). The van der Waals surface area contributed by atoms with Crippen LogP contribution in [0.5, 0.6) is 0 Å². The predicted molar refractivity (Wildman–Crippen MR) is 89.5 cm³/mol. The molecule has 1 saturated heterocycles. The minimum atomic E-state index is -4.36. The van der Waals surface area contributed by atoms with Crippen molar-refractivity contribution in [3.63, 3.8) is 0 Å². The maximum atomic E-state index is 12.9. The lowest BCUT2D eigenvalue weighted by Gasteiger charge is -2.35. The summed E-state index contributed by atoms with van der Waals surface area (Å²) in [7, 11) is 0. The SMILES string of the molecule is FC(F)(F)c1ccc2c(N3CCCC(n4cccn4)C3)ccnc2c1. The molecule has 25 heavy (non-hydrogen) atoms. The molecule has 4 nitrogen and oxygen atoms in total. The maximum absolute atomic E-state index is 12.9. The van der Waals surface area contributed by atoms with Crippen LogP contribution in [0.2, 0.25) is 0 Å². The summed E-state index contributed by atoms with van der Waals surface area (Å²) in [5.41, 5.74) is 0.627. The zero-order valence-electron chi connectivity index (χ0n) is 13.4. The van der Waals surface area contributed by atoms with Gasteiger partial charge in [-0.15, -0.1) is 0 Å². The van der Waals surface area contributed by atoms with Gasteiger partial charge < -0.3 is 4.90 Å². The number of nitrogens with zero attached hydrogens (tertiary/aromatic N) is 4. The molecule has 7 heteroatoms. The molecule has 1 aliphatic heterocycles. The molecule has 0 N–H and O–H groups in total. The number of anilines is 1. The average molecular weight is 346 g/mol. The van der Waals surface area contributed by atoms with Crippen molar-refractivity contribution in [3.8, 4) is 0 Å². The summed E-state index contributed by atoms with van der Waals surface area (Å²) in [5.74, 6) is 0. The Balaban J connectivity index is 1.69. The quantitative estimate of drug-likeness (QED) is 0.694. The maximum Gasteiger partial charge on any atom is 0.416 e. The molecular weight excluding hydrogens is 329 g/mol. The Labute approximate surface area is 142 Å². The molecule has 1 aromatic carbocycles. The Kier molecular flexibility index (Phi) is 3.86. The summed E-state index contributed by atoms with van der Waals surface area (Å²) in [6, 6.07) is 7.82. The van der Waals surface area contributed by atoms with Crippen molar-refractivity contribution < 1.29 is 13.2 Å². The minimum absolute atomic E-state index is 0.265. The van der Waals surface area contributed by atoms with Crippen LogP contribution in [0, 0.1) is 0 Å². The van der Waals surface area contributed by atoms with Crippen molar-refractivity contribution in [2.75, 3.05) is 18.0 Å². The van der Waals surface area contributed by atoms with Gasteiger partial charge in [0.2, 0.25) is 0 Å². The van der Waals surface area contributed by atoms with Gasteiger partial charge in [-0.05, 0) is 37.1 Å². The number of hydrogen-bond acceptors (Lipinski definition) is 3. The number of piperidine rings is 1. The first-order valence-electron chi connectivity index (χ1n) is 8.22. The van der Waals surface area contributed by atoms with Gasteiger partial charge in [-0.2, -0.15) is 18.3 Å². The van der Waals surface area contributed by atoms with Crippen LogP contribution in [0.25, 0.3) is 10.9 Å². The standard InChI is InChI=1S/C18H17F3N4/c19-18(20,21)13-4-5-15-16(11-13)22-8-6-17(15)24-9-1-3-14(12-24)25-10-2-7-23-25/h2,4-8,10-11,14H,1,3,9,12H2. The summed E-state index contributed by atoms with van der Waals surface area (Å²) >= 11 is 0. The third kappa shape index (κ3) is 3.06. The highest BCUT2D eigenvalue weighted by molar-refractivity contribution is 5.92. The molecule has 0 saturated carbocycles. The first kappa shape index (κ1) is 15.9. The van der Waals surface area contributed by atoms with Crippen LogP contribution in [-0.4, -0.2) is 27.9 Å². The molecule has 0 radical (unpaired) electrons. The lowest BCUT2D eigenvalue weighted by atomic mass is 10.0. The lowest BCUT2D eigenvalue weighted by Crippen LogP contribution is -2.36. The van der Waals surface area contributed by atoms with E-state index in [1.54, 1.807) is 12.4 Å². The number of alkyl halides is 3. The van der Waals surface area contributed by atoms with Gasteiger partial charge in [0.15, 0.2) is 0 Å². The molecule has 1 unspecified atom stereocenters. The highest BCUT2D eigenvalue weighted by atomic mass is 19.4. The smallest absolute Gasteiger partial charge is 0.369 e. The summed E-state index contributed by atoms with van der Waals surface area (Å²) in [6.07, 6.45) is 2.99. The third-order valence-electron chi connectivity index (χ3n) is 4.68. The molecule has 1 atom stereocenters. The number of hydrogen-bond donors (Lipinski definition) is 0. The van der Waals surface area contributed by atoms with Crippen LogP contribution in [0.15, 0.2) is 48.9 Å². The molecule has 0 amide bonds. The Morgan fingerprint density at radius 2 is 2.00 bits per heavy atom. The van der Waals surface area contributed by atoms with Gasteiger partial charge in [0.05, 0.1) is 17.1 Å². The summed E-state index contributed by atoms with van der Waals surface area (Å²) in [6.45, 7) is 1.65. The summed E-state index contributed by atoms with van der Waals surface area (Å²) in [5, 5.41) is 5.07. The van der Waals surface area contributed by atoms with E-state index in [4.69, 9.17) is 0 Å². The van der Waals surface area contributed by atoms with Crippen LogP contribution in [0.3, 0.4) is 0 Å². The first-order valence-corrected chi connectivity index (χ1v) is 8.22. The summed E-state index contributed by atoms with van der Waals surface area (Å²) in [4.78, 5) is 6.35. The van der Waals surface area contributed by atoms with Crippen molar-refractivity contribution >= 4 is 16.6 Å². The van der Waals surface area contributed by atoms with E-state index >= 15 is 0 Å². The fourth-order valence-corrected chi connectivity index (χ4v) is 3.47. The normalized spacial score (nSPS) is 18.7. The fraction of sp³-hybridized carbons (Fsp3) is 0.333. The average Bonchev–Trinajstić information content (AvgIpc) is 3.15. The van der Waals surface area contributed by atoms with Crippen molar-refractivity contribution in [3.05, 3.63) is 54.5 Å². The number of rotatable bonds is 2. The Hall–Kier alpha value is -2.57. The Morgan fingerprint density at radius 1 is 1.12 bits per heavy atom. The monoisotopic (exact) mass is 346 g/mol. The molecule has 0 spiro atoms. The largest absolute Gasteiger partial charge is 0.416 e. The van der Waals surface area contributed by atoms with E-state index in [0.29, 0.717) is 5.52 Å². The van der Waals surface area contributed by atoms with Gasteiger partial charge in [-0.1, -0.05) is 6.07 Å². The van der Waals surface area contributed by atoms with Crippen molar-refractivity contribution in [1.29, 1.82) is 0 Å². The highest BCUT2D eigenvalue weighted by Crippen LogP contribution is 2.35. The Bertz CT molecular complexity index is 874. The Morgan fingerprint density at radius 3 is 2.76 bits per heavy atom. The number of halogens is 3. The van der Waals surface area contributed by atoms with Crippen LogP contribution in [0.1, 0.15) is 24.4 Å². The first-order chi connectivity index (χ1) is 12.0. The third-order valence-corrected chi connectivity index (χ3v) is 4.68. The van der Waals surface area contributed by atoms with Crippen molar-refractivity contribution in [2.24, 2.45) is 0 Å². The van der Waals surface area contributed by atoms with Gasteiger partial charge in [-0.25, -0.2) is 0 Å². The topological polar surface area (TPSA) is 34.0 Å². The van der Waals surface area contributed by atoms with Crippen molar-refractivity contribution in [2.45, 2.75) is 25.1 Å².